The Morgan fingerprint density at radius 3 is 2.56 bits per heavy atom. The second kappa shape index (κ2) is 5.64. The fraction of sp³-hybridized carbons (Fsp3) is 0.538. The molecule has 3 nitrogen and oxygen atoms in total. The summed E-state index contributed by atoms with van der Waals surface area (Å²) in [6.07, 6.45) is 1.04. The van der Waals surface area contributed by atoms with Crippen LogP contribution in [0, 0.1) is 12.5 Å². The van der Waals surface area contributed by atoms with Crippen molar-refractivity contribution < 1.29 is 4.74 Å². The van der Waals surface area contributed by atoms with Gasteiger partial charge in [-0.05, 0) is 43.4 Å². The van der Waals surface area contributed by atoms with E-state index in [4.69, 9.17) is 10.3 Å². The Balaban J connectivity index is 3.29. The molecule has 0 fully saturated rings. The van der Waals surface area contributed by atoms with Crippen molar-refractivity contribution in [1.82, 2.24) is 0 Å². The van der Waals surface area contributed by atoms with Gasteiger partial charge in [-0.15, -0.1) is 0 Å². The molecule has 0 spiro atoms. The molecule has 0 saturated carbocycles. The molecule has 16 heavy (non-hydrogen) atoms. The maximum absolute atomic E-state index is 7.29. The average molecular weight is 220 g/mol. The van der Waals surface area contributed by atoms with Crippen LogP contribution < -0.4 is 4.74 Å². The highest BCUT2D eigenvalue weighted by Crippen LogP contribution is 2.38. The van der Waals surface area contributed by atoms with Crippen molar-refractivity contribution in [2.75, 3.05) is 6.61 Å². The molecule has 0 radical (unpaired) electrons. The van der Waals surface area contributed by atoms with Crippen molar-refractivity contribution in [1.29, 1.82) is 5.53 Å². The molecule has 1 aromatic carbocycles. The number of nitrogens with one attached hydrogen (secondary N) is 1. The monoisotopic (exact) mass is 220 g/mol. The minimum absolute atomic E-state index is 0.406. The van der Waals surface area contributed by atoms with E-state index in [1.807, 2.05) is 19.9 Å². The molecule has 0 aromatic heterocycles. The third-order valence-corrected chi connectivity index (χ3v) is 2.80. The van der Waals surface area contributed by atoms with Gasteiger partial charge in [0.05, 0.1) is 6.61 Å². The molecule has 1 N–H and O–H groups in total. The molecular formula is C13H20N2O. The van der Waals surface area contributed by atoms with Crippen molar-refractivity contribution in [3.63, 3.8) is 0 Å². The number of nitrogens with zero attached hydrogens (tertiary/aromatic N) is 1. The Hall–Kier alpha value is -1.38. The van der Waals surface area contributed by atoms with Gasteiger partial charge in [-0.3, -0.25) is 0 Å². The van der Waals surface area contributed by atoms with Gasteiger partial charge >= 0.3 is 0 Å². The molecule has 0 bridgehead atoms. The number of hydrogen-bond acceptors (Lipinski definition) is 3. The van der Waals surface area contributed by atoms with E-state index in [2.05, 4.69) is 25.0 Å². The molecule has 1 atom stereocenters. The van der Waals surface area contributed by atoms with Gasteiger partial charge in [0.1, 0.15) is 11.4 Å². The van der Waals surface area contributed by atoms with E-state index in [0.717, 1.165) is 23.3 Å². The number of aryl methyl sites for hydroxylation is 1. The second-order valence-corrected chi connectivity index (χ2v) is 4.06. The number of ether oxygens (including phenoxy) is 1. The van der Waals surface area contributed by atoms with Crippen molar-refractivity contribution in [3.8, 4) is 5.75 Å². The van der Waals surface area contributed by atoms with Gasteiger partial charge in [0, 0.05) is 0 Å². The zero-order valence-electron chi connectivity index (χ0n) is 10.5. The summed E-state index contributed by atoms with van der Waals surface area (Å²) >= 11 is 0. The van der Waals surface area contributed by atoms with E-state index in [-0.39, 0.29) is 0 Å². The van der Waals surface area contributed by atoms with Crippen LogP contribution in [0.3, 0.4) is 0 Å². The molecule has 0 aliphatic heterocycles. The van der Waals surface area contributed by atoms with Gasteiger partial charge in [0.15, 0.2) is 0 Å². The minimum atomic E-state index is 0.406. The number of hydrogen-bond donors (Lipinski definition) is 1. The summed E-state index contributed by atoms with van der Waals surface area (Å²) in [5.41, 5.74) is 10.2. The van der Waals surface area contributed by atoms with Gasteiger partial charge in [0.2, 0.25) is 0 Å². The molecule has 0 amide bonds. The summed E-state index contributed by atoms with van der Waals surface area (Å²) in [6, 6.07) is 4.05. The second-order valence-electron chi connectivity index (χ2n) is 4.06. The summed E-state index contributed by atoms with van der Waals surface area (Å²) in [7, 11) is 0. The first-order valence-corrected chi connectivity index (χ1v) is 5.78. The first-order chi connectivity index (χ1) is 7.63. The molecule has 1 aromatic rings. The SMILES string of the molecule is CCOc1cc(C)cc(C(C)CC)c1N=N. The summed E-state index contributed by atoms with van der Waals surface area (Å²) in [5, 5.41) is 3.62. The molecule has 88 valence electrons. The lowest BCUT2D eigenvalue weighted by atomic mass is 9.95. The summed E-state index contributed by atoms with van der Waals surface area (Å²) < 4.78 is 5.53. The van der Waals surface area contributed by atoms with Crippen LogP contribution >= 0.6 is 0 Å². The Kier molecular flexibility index (Phi) is 4.47. The van der Waals surface area contributed by atoms with E-state index in [9.17, 15) is 0 Å². The van der Waals surface area contributed by atoms with Crippen molar-refractivity contribution in [3.05, 3.63) is 23.3 Å². The fourth-order valence-corrected chi connectivity index (χ4v) is 1.75. The Bertz CT molecular complexity index is 374. The van der Waals surface area contributed by atoms with Crippen LogP contribution in [0.1, 0.15) is 44.2 Å². The van der Waals surface area contributed by atoms with Crippen molar-refractivity contribution in [2.45, 2.75) is 40.0 Å². The topological polar surface area (TPSA) is 45.4 Å². The van der Waals surface area contributed by atoms with Crippen LogP contribution in [-0.4, -0.2) is 6.61 Å². The van der Waals surface area contributed by atoms with Gasteiger partial charge in [0.25, 0.3) is 0 Å². The molecule has 0 aliphatic carbocycles. The van der Waals surface area contributed by atoms with Gasteiger partial charge < -0.3 is 4.74 Å². The largest absolute Gasteiger partial charge is 0.492 e. The smallest absolute Gasteiger partial charge is 0.147 e. The maximum Gasteiger partial charge on any atom is 0.147 e. The van der Waals surface area contributed by atoms with E-state index in [1.54, 1.807) is 0 Å². The summed E-state index contributed by atoms with van der Waals surface area (Å²) in [6.45, 7) is 8.88. The Morgan fingerprint density at radius 1 is 1.38 bits per heavy atom. The molecule has 3 heteroatoms. The lowest BCUT2D eigenvalue weighted by molar-refractivity contribution is 0.340. The molecule has 1 rings (SSSR count). The highest BCUT2D eigenvalue weighted by Gasteiger charge is 2.14. The lowest BCUT2D eigenvalue weighted by Crippen LogP contribution is -1.98. The molecule has 1 unspecified atom stereocenters. The Morgan fingerprint density at radius 2 is 2.06 bits per heavy atom. The van der Waals surface area contributed by atoms with Crippen LogP contribution in [0.2, 0.25) is 0 Å². The minimum Gasteiger partial charge on any atom is -0.492 e. The predicted octanol–water partition coefficient (Wildman–Crippen LogP) is 4.57. The van der Waals surface area contributed by atoms with E-state index < -0.39 is 0 Å². The molecule has 0 saturated heterocycles. The normalized spacial score (nSPS) is 12.2. The zero-order valence-corrected chi connectivity index (χ0v) is 10.5. The fourth-order valence-electron chi connectivity index (χ4n) is 1.75. The highest BCUT2D eigenvalue weighted by atomic mass is 16.5. The third kappa shape index (κ3) is 2.60. The highest BCUT2D eigenvalue weighted by molar-refractivity contribution is 5.60. The van der Waals surface area contributed by atoms with Gasteiger partial charge in [-0.1, -0.05) is 19.9 Å². The van der Waals surface area contributed by atoms with Crippen LogP contribution in [0.5, 0.6) is 5.75 Å². The van der Waals surface area contributed by atoms with Crippen LogP contribution in [-0.2, 0) is 0 Å². The van der Waals surface area contributed by atoms with Crippen LogP contribution in [0.15, 0.2) is 17.2 Å². The lowest BCUT2D eigenvalue weighted by Gasteiger charge is -2.16. The third-order valence-electron chi connectivity index (χ3n) is 2.80. The molecule has 0 aliphatic rings. The quantitative estimate of drug-likeness (QED) is 0.726. The maximum atomic E-state index is 7.29. The summed E-state index contributed by atoms with van der Waals surface area (Å²) in [4.78, 5) is 0. The molecular weight excluding hydrogens is 200 g/mol. The summed E-state index contributed by atoms with van der Waals surface area (Å²) in [5.74, 6) is 1.14. The van der Waals surface area contributed by atoms with Crippen LogP contribution in [0.4, 0.5) is 5.69 Å². The standard InChI is InChI=1S/C13H20N2O/c1-5-10(4)11-7-9(3)8-12(16-6-2)13(11)15-14/h7-8,10,14H,5-6H2,1-4H3. The molecule has 0 heterocycles. The number of rotatable bonds is 5. The van der Waals surface area contributed by atoms with E-state index in [1.165, 1.54) is 0 Å². The van der Waals surface area contributed by atoms with E-state index in [0.29, 0.717) is 18.2 Å². The first kappa shape index (κ1) is 12.7. The predicted molar refractivity (Wildman–Crippen MR) is 65.9 cm³/mol. The van der Waals surface area contributed by atoms with Gasteiger partial charge in [-0.2, -0.15) is 5.11 Å². The van der Waals surface area contributed by atoms with Gasteiger partial charge in [-0.25, -0.2) is 5.53 Å². The van der Waals surface area contributed by atoms with E-state index >= 15 is 0 Å². The average Bonchev–Trinajstić information content (AvgIpc) is 2.27. The van der Waals surface area contributed by atoms with Crippen molar-refractivity contribution >= 4 is 5.69 Å². The van der Waals surface area contributed by atoms with Crippen molar-refractivity contribution in [2.24, 2.45) is 5.11 Å². The Labute approximate surface area is 97.3 Å². The zero-order chi connectivity index (χ0) is 12.1. The van der Waals surface area contributed by atoms with Crippen LogP contribution in [0.25, 0.3) is 0 Å². The number of benzene rings is 1. The first-order valence-electron chi connectivity index (χ1n) is 5.78.